The van der Waals surface area contributed by atoms with Gasteiger partial charge >= 0.3 is 0 Å². The minimum Gasteiger partial charge on any atom is -0.320 e. The zero-order chi connectivity index (χ0) is 14.5. The topological polar surface area (TPSA) is 64.0 Å². The van der Waals surface area contributed by atoms with Gasteiger partial charge in [0.05, 0.1) is 5.69 Å². The summed E-state index contributed by atoms with van der Waals surface area (Å²) in [6.45, 7) is 2.45. The van der Waals surface area contributed by atoms with Crippen molar-refractivity contribution in [2.75, 3.05) is 5.32 Å². The number of halogens is 1. The summed E-state index contributed by atoms with van der Waals surface area (Å²) in [5, 5.41) is 6.87. The van der Waals surface area contributed by atoms with Gasteiger partial charge in [-0.15, -0.1) is 0 Å². The third kappa shape index (κ3) is 3.44. The van der Waals surface area contributed by atoms with Crippen LogP contribution in [0.25, 0.3) is 0 Å². The van der Waals surface area contributed by atoms with Crippen LogP contribution in [0.15, 0.2) is 41.2 Å². The van der Waals surface area contributed by atoms with E-state index in [1.54, 1.807) is 0 Å². The highest BCUT2D eigenvalue weighted by Crippen LogP contribution is 2.17. The van der Waals surface area contributed by atoms with Gasteiger partial charge in [-0.05, 0) is 47.2 Å². The lowest BCUT2D eigenvalue weighted by molar-refractivity contribution is 0.101. The summed E-state index contributed by atoms with van der Waals surface area (Å²) in [5.41, 5.74) is 0.767. The molecule has 0 saturated carbocycles. The Hall–Kier alpha value is -1.70. The van der Waals surface area contributed by atoms with E-state index in [0.717, 1.165) is 15.7 Å². The van der Waals surface area contributed by atoms with Gasteiger partial charge < -0.3 is 5.32 Å². The van der Waals surface area contributed by atoms with Crippen LogP contribution in [0.1, 0.15) is 23.8 Å². The van der Waals surface area contributed by atoms with E-state index < -0.39 is 0 Å². The first-order chi connectivity index (χ1) is 9.61. The molecule has 1 aromatic carbocycles. The fraction of sp³-hybridized carbons (Fsp3) is 0.214. The van der Waals surface area contributed by atoms with Crippen molar-refractivity contribution < 1.29 is 4.79 Å². The Bertz CT molecular complexity index is 682. The first kappa shape index (κ1) is 14.7. The Morgan fingerprint density at radius 1 is 1.30 bits per heavy atom. The first-order valence-corrected chi connectivity index (χ1v) is 7.33. The fourth-order valence-electron chi connectivity index (χ4n) is 1.69. The van der Waals surface area contributed by atoms with Gasteiger partial charge in [0.1, 0.15) is 5.69 Å². The summed E-state index contributed by atoms with van der Waals surface area (Å²) in [7, 11) is 0. The summed E-state index contributed by atoms with van der Waals surface area (Å²) >= 11 is 2.15. The monoisotopic (exact) mass is 383 g/mol. The molecule has 1 N–H and O–H groups in total. The van der Waals surface area contributed by atoms with E-state index in [1.165, 1.54) is 16.8 Å². The summed E-state index contributed by atoms with van der Waals surface area (Å²) < 4.78 is 2.26. The maximum atomic E-state index is 12.1. The van der Waals surface area contributed by atoms with Crippen LogP contribution in [-0.4, -0.2) is 15.7 Å². The maximum Gasteiger partial charge on any atom is 0.276 e. The van der Waals surface area contributed by atoms with Crippen molar-refractivity contribution in [2.45, 2.75) is 19.9 Å². The standard InChI is InChI=1S/C14H14IN3O2/c1-2-9-18-13(19)8-7-12(17-18)14(20)16-11-6-4-3-5-10(11)15/h3-8H,2,9H2,1H3,(H,16,20). The number of rotatable bonds is 4. The maximum absolute atomic E-state index is 12.1. The molecule has 1 aromatic heterocycles. The van der Waals surface area contributed by atoms with Gasteiger partial charge in [-0.2, -0.15) is 5.10 Å². The lowest BCUT2D eigenvalue weighted by Gasteiger charge is -2.08. The zero-order valence-corrected chi connectivity index (χ0v) is 13.1. The van der Waals surface area contributed by atoms with E-state index >= 15 is 0 Å². The van der Waals surface area contributed by atoms with Crippen molar-refractivity contribution in [2.24, 2.45) is 0 Å². The van der Waals surface area contributed by atoms with E-state index in [-0.39, 0.29) is 17.2 Å². The number of anilines is 1. The molecule has 0 radical (unpaired) electrons. The summed E-state index contributed by atoms with van der Waals surface area (Å²) in [6.07, 6.45) is 0.786. The lowest BCUT2D eigenvalue weighted by atomic mass is 10.3. The van der Waals surface area contributed by atoms with Crippen LogP contribution in [-0.2, 0) is 6.54 Å². The Morgan fingerprint density at radius 3 is 2.75 bits per heavy atom. The molecule has 104 valence electrons. The summed E-state index contributed by atoms with van der Waals surface area (Å²) in [6, 6.07) is 10.3. The van der Waals surface area contributed by atoms with E-state index in [1.807, 2.05) is 31.2 Å². The van der Waals surface area contributed by atoms with Crippen LogP contribution in [0.3, 0.4) is 0 Å². The molecule has 20 heavy (non-hydrogen) atoms. The van der Waals surface area contributed by atoms with Gasteiger partial charge in [-0.25, -0.2) is 4.68 Å². The number of carbonyl (C=O) groups is 1. The molecule has 0 aliphatic rings. The molecule has 0 aliphatic carbocycles. The molecule has 0 aliphatic heterocycles. The molecule has 2 aromatic rings. The highest BCUT2D eigenvalue weighted by atomic mass is 127. The van der Waals surface area contributed by atoms with Crippen molar-refractivity contribution >= 4 is 34.2 Å². The Morgan fingerprint density at radius 2 is 2.05 bits per heavy atom. The molecule has 0 bridgehead atoms. The molecule has 1 heterocycles. The second-order valence-corrected chi connectivity index (χ2v) is 5.38. The number of hydrogen-bond donors (Lipinski definition) is 1. The van der Waals surface area contributed by atoms with Gasteiger partial charge in [-0.1, -0.05) is 19.1 Å². The molecule has 5 nitrogen and oxygen atoms in total. The normalized spacial score (nSPS) is 10.3. The zero-order valence-electron chi connectivity index (χ0n) is 11.0. The second kappa shape index (κ2) is 6.65. The SMILES string of the molecule is CCCn1nc(C(=O)Nc2ccccc2I)ccc1=O. The summed E-state index contributed by atoms with van der Waals surface area (Å²) in [5.74, 6) is -0.320. The van der Waals surface area contributed by atoms with Crippen molar-refractivity contribution in [1.82, 2.24) is 9.78 Å². The second-order valence-electron chi connectivity index (χ2n) is 4.21. The van der Waals surface area contributed by atoms with E-state index in [9.17, 15) is 9.59 Å². The Labute approximate surface area is 130 Å². The number of aromatic nitrogens is 2. The molecular formula is C14H14IN3O2. The fourth-order valence-corrected chi connectivity index (χ4v) is 2.21. The van der Waals surface area contributed by atoms with Crippen molar-refractivity contribution in [1.29, 1.82) is 0 Å². The smallest absolute Gasteiger partial charge is 0.276 e. The number of aryl methyl sites for hydroxylation is 1. The Balaban J connectivity index is 2.24. The third-order valence-corrected chi connectivity index (χ3v) is 3.60. The number of amides is 1. The number of nitrogens with zero attached hydrogens (tertiary/aromatic N) is 2. The van der Waals surface area contributed by atoms with Crippen LogP contribution in [0.4, 0.5) is 5.69 Å². The average molecular weight is 383 g/mol. The number of benzene rings is 1. The predicted molar refractivity (Wildman–Crippen MR) is 85.9 cm³/mol. The van der Waals surface area contributed by atoms with Crippen LogP contribution >= 0.6 is 22.6 Å². The van der Waals surface area contributed by atoms with Gasteiger partial charge in [0.15, 0.2) is 0 Å². The van der Waals surface area contributed by atoms with Gasteiger partial charge in [-0.3, -0.25) is 9.59 Å². The first-order valence-electron chi connectivity index (χ1n) is 6.26. The Kier molecular flexibility index (Phi) is 4.89. The van der Waals surface area contributed by atoms with E-state index in [4.69, 9.17) is 0 Å². The minimum absolute atomic E-state index is 0.197. The van der Waals surface area contributed by atoms with Crippen LogP contribution in [0.5, 0.6) is 0 Å². The van der Waals surface area contributed by atoms with Crippen molar-refractivity contribution in [3.05, 3.63) is 56.0 Å². The number of hydrogen-bond acceptors (Lipinski definition) is 3. The van der Waals surface area contributed by atoms with Crippen molar-refractivity contribution in [3.63, 3.8) is 0 Å². The van der Waals surface area contributed by atoms with Crippen LogP contribution in [0, 0.1) is 3.57 Å². The number of nitrogens with one attached hydrogen (secondary N) is 1. The molecule has 2 rings (SSSR count). The lowest BCUT2D eigenvalue weighted by Crippen LogP contribution is -2.26. The van der Waals surface area contributed by atoms with Crippen LogP contribution in [0.2, 0.25) is 0 Å². The molecule has 0 fully saturated rings. The van der Waals surface area contributed by atoms with E-state index in [2.05, 4.69) is 33.0 Å². The molecule has 6 heteroatoms. The molecule has 0 unspecified atom stereocenters. The minimum atomic E-state index is -0.320. The van der Waals surface area contributed by atoms with Gasteiger partial charge in [0, 0.05) is 16.2 Å². The average Bonchev–Trinajstić information content (AvgIpc) is 2.44. The number of carbonyl (C=O) groups excluding carboxylic acids is 1. The molecule has 0 spiro atoms. The molecule has 0 atom stereocenters. The molecule has 0 saturated heterocycles. The van der Waals surface area contributed by atoms with E-state index in [0.29, 0.717) is 6.54 Å². The largest absolute Gasteiger partial charge is 0.320 e. The van der Waals surface area contributed by atoms with Crippen LogP contribution < -0.4 is 10.9 Å². The number of para-hydroxylation sites is 1. The highest BCUT2D eigenvalue weighted by Gasteiger charge is 2.11. The van der Waals surface area contributed by atoms with Gasteiger partial charge in [0.25, 0.3) is 11.5 Å². The van der Waals surface area contributed by atoms with Gasteiger partial charge in [0.2, 0.25) is 0 Å². The highest BCUT2D eigenvalue weighted by molar-refractivity contribution is 14.1. The quantitative estimate of drug-likeness (QED) is 0.826. The van der Waals surface area contributed by atoms with Crippen molar-refractivity contribution in [3.8, 4) is 0 Å². The molecular weight excluding hydrogens is 369 g/mol. The molecule has 1 amide bonds. The predicted octanol–water partition coefficient (Wildman–Crippen LogP) is 2.51. The third-order valence-electron chi connectivity index (χ3n) is 2.66. The summed E-state index contributed by atoms with van der Waals surface area (Å²) in [4.78, 5) is 23.7.